The second-order valence-corrected chi connectivity index (χ2v) is 6.47. The first-order chi connectivity index (χ1) is 11.5. The fourth-order valence-electron chi connectivity index (χ4n) is 2.08. The van der Waals surface area contributed by atoms with Crippen LogP contribution in [0.25, 0.3) is 0 Å². The smallest absolute Gasteiger partial charge is 0.254 e. The lowest BCUT2D eigenvalue weighted by Crippen LogP contribution is -2.26. The first-order valence-corrected chi connectivity index (χ1v) is 8.51. The molecule has 0 fully saturated rings. The first kappa shape index (κ1) is 18.2. The highest BCUT2D eigenvalue weighted by Crippen LogP contribution is 2.09. The van der Waals surface area contributed by atoms with E-state index >= 15 is 0 Å². The Kier molecular flexibility index (Phi) is 7.00. The highest BCUT2D eigenvalue weighted by molar-refractivity contribution is 6.30. The number of carbonyl (C=O) groups excluding carboxylic acids is 1. The minimum Gasteiger partial charge on any atom is -0.354 e. The molecular formula is C18H23ClN4O. The van der Waals surface area contributed by atoms with E-state index in [0.717, 1.165) is 24.9 Å². The molecule has 2 aromatic rings. The molecule has 0 aliphatic carbocycles. The van der Waals surface area contributed by atoms with Gasteiger partial charge in [0.2, 0.25) is 5.95 Å². The molecule has 1 aromatic heterocycles. The molecule has 24 heavy (non-hydrogen) atoms. The zero-order chi connectivity index (χ0) is 17.4. The minimum absolute atomic E-state index is 0.169. The van der Waals surface area contributed by atoms with E-state index in [2.05, 4.69) is 34.4 Å². The summed E-state index contributed by atoms with van der Waals surface area (Å²) in [6.07, 6.45) is 4.89. The summed E-state index contributed by atoms with van der Waals surface area (Å²) in [6, 6.07) is 7.60. The Labute approximate surface area is 147 Å². The van der Waals surface area contributed by atoms with Gasteiger partial charge in [-0.25, -0.2) is 9.97 Å². The minimum atomic E-state index is -0.169. The highest BCUT2D eigenvalue weighted by Gasteiger charge is 2.07. The van der Waals surface area contributed by atoms with Crippen LogP contribution in [0.4, 0.5) is 5.95 Å². The van der Waals surface area contributed by atoms with Crippen molar-refractivity contribution in [2.75, 3.05) is 18.4 Å². The number of amides is 1. The molecule has 128 valence electrons. The van der Waals surface area contributed by atoms with Gasteiger partial charge in [0.15, 0.2) is 0 Å². The Bertz CT molecular complexity index is 641. The van der Waals surface area contributed by atoms with Crippen LogP contribution in [0.15, 0.2) is 36.7 Å². The maximum Gasteiger partial charge on any atom is 0.254 e. The second-order valence-electron chi connectivity index (χ2n) is 6.04. The number of hydrogen-bond acceptors (Lipinski definition) is 4. The molecule has 1 aromatic carbocycles. The van der Waals surface area contributed by atoms with Gasteiger partial charge in [-0.2, -0.15) is 0 Å². The summed E-state index contributed by atoms with van der Waals surface area (Å²) in [6.45, 7) is 5.71. The molecule has 5 nitrogen and oxygen atoms in total. The zero-order valence-electron chi connectivity index (χ0n) is 14.1. The van der Waals surface area contributed by atoms with Crippen LogP contribution >= 0.6 is 11.6 Å². The second kappa shape index (κ2) is 9.23. The van der Waals surface area contributed by atoms with Gasteiger partial charge >= 0.3 is 0 Å². The van der Waals surface area contributed by atoms with Crippen LogP contribution in [0, 0.1) is 5.92 Å². The van der Waals surface area contributed by atoms with E-state index in [9.17, 15) is 4.79 Å². The van der Waals surface area contributed by atoms with Crippen molar-refractivity contribution in [3.63, 3.8) is 0 Å². The third kappa shape index (κ3) is 6.16. The molecule has 0 atom stereocenters. The molecule has 0 aliphatic rings. The van der Waals surface area contributed by atoms with Crippen molar-refractivity contribution in [2.45, 2.75) is 26.7 Å². The van der Waals surface area contributed by atoms with Gasteiger partial charge in [0.1, 0.15) is 0 Å². The van der Waals surface area contributed by atoms with Crippen molar-refractivity contribution in [1.29, 1.82) is 0 Å². The van der Waals surface area contributed by atoms with Crippen LogP contribution in [0.2, 0.25) is 5.02 Å². The van der Waals surface area contributed by atoms with E-state index in [0.29, 0.717) is 29.0 Å². The van der Waals surface area contributed by atoms with Crippen molar-refractivity contribution in [3.05, 3.63) is 52.8 Å². The lowest BCUT2D eigenvalue weighted by atomic mass is 10.1. The summed E-state index contributed by atoms with van der Waals surface area (Å²) in [5, 5.41) is 6.72. The summed E-state index contributed by atoms with van der Waals surface area (Å²) < 4.78 is 0. The predicted molar refractivity (Wildman–Crippen MR) is 97.5 cm³/mol. The van der Waals surface area contributed by atoms with Crippen molar-refractivity contribution < 1.29 is 4.79 Å². The molecule has 0 spiro atoms. The number of halogens is 1. The monoisotopic (exact) mass is 346 g/mol. The largest absolute Gasteiger partial charge is 0.354 e. The molecule has 0 unspecified atom stereocenters. The van der Waals surface area contributed by atoms with Gasteiger partial charge in [-0.15, -0.1) is 0 Å². The quantitative estimate of drug-likeness (QED) is 0.767. The van der Waals surface area contributed by atoms with Crippen LogP contribution in [0.1, 0.15) is 36.2 Å². The summed E-state index contributed by atoms with van der Waals surface area (Å²) in [7, 11) is 0. The molecule has 0 bridgehead atoms. The van der Waals surface area contributed by atoms with E-state index in [1.54, 1.807) is 12.4 Å². The Balaban J connectivity index is 1.76. The fourth-order valence-corrected chi connectivity index (χ4v) is 2.21. The van der Waals surface area contributed by atoms with Gasteiger partial charge in [-0.05, 0) is 36.5 Å². The van der Waals surface area contributed by atoms with E-state index < -0.39 is 0 Å². The lowest BCUT2D eigenvalue weighted by Gasteiger charge is -2.08. The maximum absolute atomic E-state index is 12.1. The van der Waals surface area contributed by atoms with Crippen LogP contribution in [0.3, 0.4) is 0 Å². The Hall–Kier alpha value is -2.14. The topological polar surface area (TPSA) is 66.9 Å². The van der Waals surface area contributed by atoms with Crippen LogP contribution in [0.5, 0.6) is 0 Å². The average Bonchev–Trinajstić information content (AvgIpc) is 2.57. The normalized spacial score (nSPS) is 10.7. The van der Waals surface area contributed by atoms with Crippen LogP contribution in [-0.4, -0.2) is 29.0 Å². The predicted octanol–water partition coefficient (Wildman–Crippen LogP) is 3.56. The zero-order valence-corrected chi connectivity index (χ0v) is 14.8. The SMILES string of the molecule is CC(C)CCNc1ncc(C(=O)NCCc2ccc(Cl)cc2)cn1. The van der Waals surface area contributed by atoms with Gasteiger partial charge in [0, 0.05) is 30.5 Å². The molecule has 2 N–H and O–H groups in total. The molecule has 0 saturated heterocycles. The first-order valence-electron chi connectivity index (χ1n) is 8.13. The van der Waals surface area contributed by atoms with E-state index in [-0.39, 0.29) is 5.91 Å². The lowest BCUT2D eigenvalue weighted by molar-refractivity contribution is 0.0953. The Morgan fingerprint density at radius 3 is 2.42 bits per heavy atom. The van der Waals surface area contributed by atoms with Crippen molar-refractivity contribution >= 4 is 23.5 Å². The van der Waals surface area contributed by atoms with Crippen LogP contribution < -0.4 is 10.6 Å². The number of aromatic nitrogens is 2. The van der Waals surface area contributed by atoms with Gasteiger partial charge < -0.3 is 10.6 Å². The molecule has 0 radical (unpaired) electrons. The number of rotatable bonds is 8. The van der Waals surface area contributed by atoms with Gasteiger partial charge in [0.05, 0.1) is 5.56 Å². The number of nitrogens with zero attached hydrogens (tertiary/aromatic N) is 2. The van der Waals surface area contributed by atoms with Crippen molar-refractivity contribution in [2.24, 2.45) is 5.92 Å². The summed E-state index contributed by atoms with van der Waals surface area (Å²) in [5.74, 6) is 1.01. The van der Waals surface area contributed by atoms with E-state index in [1.807, 2.05) is 24.3 Å². The maximum atomic E-state index is 12.1. The summed E-state index contributed by atoms with van der Waals surface area (Å²) >= 11 is 5.85. The molecule has 1 amide bonds. The summed E-state index contributed by atoms with van der Waals surface area (Å²) in [4.78, 5) is 20.4. The number of hydrogen-bond donors (Lipinski definition) is 2. The highest BCUT2D eigenvalue weighted by atomic mass is 35.5. The van der Waals surface area contributed by atoms with Crippen molar-refractivity contribution in [1.82, 2.24) is 15.3 Å². The Morgan fingerprint density at radius 1 is 1.12 bits per heavy atom. The van der Waals surface area contributed by atoms with Crippen molar-refractivity contribution in [3.8, 4) is 0 Å². The van der Waals surface area contributed by atoms with Gasteiger partial charge in [0.25, 0.3) is 5.91 Å². The molecular weight excluding hydrogens is 324 g/mol. The Morgan fingerprint density at radius 2 is 1.79 bits per heavy atom. The van der Waals surface area contributed by atoms with E-state index in [1.165, 1.54) is 0 Å². The van der Waals surface area contributed by atoms with E-state index in [4.69, 9.17) is 11.6 Å². The third-order valence-electron chi connectivity index (χ3n) is 3.53. The molecule has 6 heteroatoms. The number of anilines is 1. The molecule has 2 rings (SSSR count). The van der Waals surface area contributed by atoms with Crippen LogP contribution in [-0.2, 0) is 6.42 Å². The number of nitrogens with one attached hydrogen (secondary N) is 2. The number of carbonyl (C=O) groups is 1. The summed E-state index contributed by atoms with van der Waals surface area (Å²) in [5.41, 5.74) is 1.58. The molecule has 0 aliphatic heterocycles. The molecule has 0 saturated carbocycles. The van der Waals surface area contributed by atoms with Gasteiger partial charge in [-0.3, -0.25) is 4.79 Å². The van der Waals surface area contributed by atoms with Gasteiger partial charge in [-0.1, -0.05) is 37.6 Å². The standard InChI is InChI=1S/C18H23ClN4O/c1-13(2)7-9-21-18-22-11-15(12-23-18)17(24)20-10-8-14-3-5-16(19)6-4-14/h3-6,11-13H,7-10H2,1-2H3,(H,20,24)(H,21,22,23). The third-order valence-corrected chi connectivity index (χ3v) is 3.78. The fraction of sp³-hybridized carbons (Fsp3) is 0.389. The number of benzene rings is 1. The molecule has 1 heterocycles. The average molecular weight is 347 g/mol.